The lowest BCUT2D eigenvalue weighted by Gasteiger charge is -2.36. The lowest BCUT2D eigenvalue weighted by atomic mass is 9.93. The quantitative estimate of drug-likeness (QED) is 0.855. The third-order valence-electron chi connectivity index (χ3n) is 3.79. The van der Waals surface area contributed by atoms with E-state index in [9.17, 15) is 13.6 Å². The molecular weight excluding hydrogens is 288 g/mol. The van der Waals surface area contributed by atoms with E-state index in [1.54, 1.807) is 4.90 Å². The van der Waals surface area contributed by atoms with Crippen molar-refractivity contribution in [3.05, 3.63) is 35.4 Å². The Hall–Kier alpha value is -1.49. The SMILES string of the molecule is CC(C)(C)C(=O)N1CCC[C@@H](OCc2cc(F)ccc2F)C1. The zero-order chi connectivity index (χ0) is 16.3. The molecule has 1 fully saturated rings. The second-order valence-corrected chi connectivity index (χ2v) is 6.81. The summed E-state index contributed by atoms with van der Waals surface area (Å²) in [6.07, 6.45) is 1.55. The first-order valence-electron chi connectivity index (χ1n) is 7.62. The largest absolute Gasteiger partial charge is 0.372 e. The van der Waals surface area contributed by atoms with Crippen molar-refractivity contribution in [1.29, 1.82) is 0 Å². The average Bonchev–Trinajstić information content (AvgIpc) is 2.47. The molecule has 2 rings (SSSR count). The van der Waals surface area contributed by atoms with Gasteiger partial charge in [0.05, 0.1) is 12.7 Å². The van der Waals surface area contributed by atoms with Crippen molar-refractivity contribution in [2.75, 3.05) is 13.1 Å². The number of rotatable bonds is 3. The van der Waals surface area contributed by atoms with Crippen molar-refractivity contribution in [1.82, 2.24) is 4.90 Å². The second-order valence-electron chi connectivity index (χ2n) is 6.81. The number of amides is 1. The van der Waals surface area contributed by atoms with Crippen LogP contribution in [0.3, 0.4) is 0 Å². The molecule has 0 saturated carbocycles. The number of piperidine rings is 1. The van der Waals surface area contributed by atoms with E-state index in [0.29, 0.717) is 6.54 Å². The summed E-state index contributed by atoms with van der Waals surface area (Å²) in [5.74, 6) is -0.856. The van der Waals surface area contributed by atoms with Gasteiger partial charge in [0.25, 0.3) is 0 Å². The van der Waals surface area contributed by atoms with Crippen molar-refractivity contribution in [3.63, 3.8) is 0 Å². The first kappa shape index (κ1) is 16.9. The molecular formula is C17H23F2NO2. The smallest absolute Gasteiger partial charge is 0.228 e. The zero-order valence-corrected chi connectivity index (χ0v) is 13.4. The fourth-order valence-electron chi connectivity index (χ4n) is 2.59. The van der Waals surface area contributed by atoms with Gasteiger partial charge in [-0.3, -0.25) is 4.79 Å². The van der Waals surface area contributed by atoms with Crippen molar-refractivity contribution < 1.29 is 18.3 Å². The van der Waals surface area contributed by atoms with Gasteiger partial charge in [0.15, 0.2) is 0 Å². The molecule has 0 spiro atoms. The summed E-state index contributed by atoms with van der Waals surface area (Å²) in [7, 11) is 0. The van der Waals surface area contributed by atoms with Gasteiger partial charge in [0, 0.05) is 24.1 Å². The molecule has 1 aliphatic heterocycles. The number of hydrogen-bond acceptors (Lipinski definition) is 2. The fraction of sp³-hybridized carbons (Fsp3) is 0.588. The Morgan fingerprint density at radius 3 is 2.77 bits per heavy atom. The first-order chi connectivity index (χ1) is 10.3. The highest BCUT2D eigenvalue weighted by Gasteiger charge is 2.31. The van der Waals surface area contributed by atoms with Crippen LogP contribution in [-0.2, 0) is 16.1 Å². The van der Waals surface area contributed by atoms with Gasteiger partial charge in [-0.05, 0) is 31.0 Å². The van der Waals surface area contributed by atoms with Gasteiger partial charge in [-0.2, -0.15) is 0 Å². The van der Waals surface area contributed by atoms with Crippen LogP contribution in [0.5, 0.6) is 0 Å². The lowest BCUT2D eigenvalue weighted by Crippen LogP contribution is -2.47. The van der Waals surface area contributed by atoms with E-state index >= 15 is 0 Å². The maximum atomic E-state index is 13.6. The van der Waals surface area contributed by atoms with E-state index in [-0.39, 0.29) is 24.2 Å². The van der Waals surface area contributed by atoms with Crippen molar-refractivity contribution in [3.8, 4) is 0 Å². The van der Waals surface area contributed by atoms with Crippen molar-refractivity contribution >= 4 is 5.91 Å². The fourth-order valence-corrected chi connectivity index (χ4v) is 2.59. The van der Waals surface area contributed by atoms with Crippen LogP contribution >= 0.6 is 0 Å². The number of ether oxygens (including phenoxy) is 1. The molecule has 0 N–H and O–H groups in total. The van der Waals surface area contributed by atoms with Crippen LogP contribution in [0.1, 0.15) is 39.2 Å². The van der Waals surface area contributed by atoms with E-state index in [0.717, 1.165) is 37.6 Å². The molecule has 1 saturated heterocycles. The van der Waals surface area contributed by atoms with Crippen LogP contribution in [0.15, 0.2) is 18.2 Å². The van der Waals surface area contributed by atoms with Gasteiger partial charge in [0.1, 0.15) is 11.6 Å². The number of carbonyl (C=O) groups is 1. The highest BCUT2D eigenvalue weighted by molar-refractivity contribution is 5.81. The molecule has 1 heterocycles. The Labute approximate surface area is 130 Å². The van der Waals surface area contributed by atoms with E-state index in [2.05, 4.69) is 0 Å². The lowest BCUT2D eigenvalue weighted by molar-refractivity contribution is -0.143. The Balaban J connectivity index is 1.93. The van der Waals surface area contributed by atoms with Crippen molar-refractivity contribution in [2.45, 2.75) is 46.3 Å². The molecule has 22 heavy (non-hydrogen) atoms. The van der Waals surface area contributed by atoms with Gasteiger partial charge >= 0.3 is 0 Å². The number of nitrogens with zero attached hydrogens (tertiary/aromatic N) is 1. The van der Waals surface area contributed by atoms with Crippen molar-refractivity contribution in [2.24, 2.45) is 5.41 Å². The topological polar surface area (TPSA) is 29.5 Å². The monoisotopic (exact) mass is 311 g/mol. The van der Waals surface area contributed by atoms with Crippen LogP contribution in [0.25, 0.3) is 0 Å². The standard InChI is InChI=1S/C17H23F2NO2/c1-17(2,3)16(21)20-8-4-5-14(10-20)22-11-12-9-13(18)6-7-15(12)19/h6-7,9,14H,4-5,8,10-11H2,1-3H3/t14-/m1/s1. The third-order valence-corrected chi connectivity index (χ3v) is 3.79. The molecule has 1 amide bonds. The van der Waals surface area contributed by atoms with Crippen LogP contribution in [0.4, 0.5) is 8.78 Å². The molecule has 0 bridgehead atoms. The molecule has 122 valence electrons. The summed E-state index contributed by atoms with van der Waals surface area (Å²) in [5, 5.41) is 0. The maximum Gasteiger partial charge on any atom is 0.228 e. The summed E-state index contributed by atoms with van der Waals surface area (Å²) < 4.78 is 32.4. The van der Waals surface area contributed by atoms with E-state index in [1.165, 1.54) is 0 Å². The molecule has 0 aromatic heterocycles. The van der Waals surface area contributed by atoms with Gasteiger partial charge in [0.2, 0.25) is 5.91 Å². The molecule has 3 nitrogen and oxygen atoms in total. The Morgan fingerprint density at radius 2 is 2.09 bits per heavy atom. The number of benzene rings is 1. The van der Waals surface area contributed by atoms with Gasteiger partial charge in [-0.15, -0.1) is 0 Å². The minimum atomic E-state index is -0.479. The second kappa shape index (κ2) is 6.73. The molecule has 1 aromatic carbocycles. The molecule has 1 atom stereocenters. The van der Waals surface area contributed by atoms with Crippen LogP contribution < -0.4 is 0 Å². The highest BCUT2D eigenvalue weighted by atomic mass is 19.1. The maximum absolute atomic E-state index is 13.6. The molecule has 1 aromatic rings. The summed E-state index contributed by atoms with van der Waals surface area (Å²) in [4.78, 5) is 14.1. The van der Waals surface area contributed by atoms with E-state index in [4.69, 9.17) is 4.74 Å². The van der Waals surface area contributed by atoms with E-state index < -0.39 is 17.0 Å². The number of hydrogen-bond donors (Lipinski definition) is 0. The average molecular weight is 311 g/mol. The van der Waals surface area contributed by atoms with Crippen LogP contribution in [0.2, 0.25) is 0 Å². The van der Waals surface area contributed by atoms with E-state index in [1.807, 2.05) is 20.8 Å². The third kappa shape index (κ3) is 4.26. The normalized spacial score (nSPS) is 19.3. The predicted molar refractivity (Wildman–Crippen MR) is 80.2 cm³/mol. The Kier molecular flexibility index (Phi) is 5.16. The summed E-state index contributed by atoms with van der Waals surface area (Å²) >= 11 is 0. The zero-order valence-electron chi connectivity index (χ0n) is 13.4. The molecule has 5 heteroatoms. The number of likely N-dealkylation sites (tertiary alicyclic amines) is 1. The molecule has 0 unspecified atom stereocenters. The van der Waals surface area contributed by atoms with Gasteiger partial charge < -0.3 is 9.64 Å². The summed E-state index contributed by atoms with van der Waals surface area (Å²) in [5.41, 5.74) is -0.212. The summed E-state index contributed by atoms with van der Waals surface area (Å²) in [6.45, 7) is 6.93. The number of carbonyl (C=O) groups excluding carboxylic acids is 1. The van der Waals surface area contributed by atoms with Crippen LogP contribution in [-0.4, -0.2) is 30.0 Å². The first-order valence-corrected chi connectivity index (χ1v) is 7.62. The highest BCUT2D eigenvalue weighted by Crippen LogP contribution is 2.23. The molecule has 1 aliphatic rings. The minimum Gasteiger partial charge on any atom is -0.372 e. The van der Waals surface area contributed by atoms with Crippen LogP contribution in [0, 0.1) is 17.0 Å². The Morgan fingerprint density at radius 1 is 1.36 bits per heavy atom. The predicted octanol–water partition coefficient (Wildman–Crippen LogP) is 3.52. The molecule has 0 radical (unpaired) electrons. The number of halogens is 2. The molecule has 0 aliphatic carbocycles. The van der Waals surface area contributed by atoms with Gasteiger partial charge in [-0.25, -0.2) is 8.78 Å². The minimum absolute atomic E-state index is 0.0197. The summed E-state index contributed by atoms with van der Waals surface area (Å²) in [6, 6.07) is 3.34. The van der Waals surface area contributed by atoms with Gasteiger partial charge in [-0.1, -0.05) is 20.8 Å². The Bertz CT molecular complexity index is 540.